The Morgan fingerprint density at radius 2 is 2.05 bits per heavy atom. The molecular weight excluding hydrogens is 283 g/mol. The van der Waals surface area contributed by atoms with E-state index in [-0.39, 0.29) is 17.4 Å². The fraction of sp³-hybridized carbons (Fsp3) is 0.286. The molecule has 0 bridgehead atoms. The number of rotatable bonds is 3. The van der Waals surface area contributed by atoms with E-state index in [0.717, 1.165) is 6.07 Å². The van der Waals surface area contributed by atoms with Gasteiger partial charge in [0, 0.05) is 23.4 Å². The third kappa shape index (κ3) is 3.54. The number of benzene rings is 1. The lowest BCUT2D eigenvalue weighted by molar-refractivity contribution is -0.274. The van der Waals surface area contributed by atoms with Crippen molar-refractivity contribution in [2.24, 2.45) is 0 Å². The highest BCUT2D eigenvalue weighted by atomic mass is 19.4. The Hall–Kier alpha value is -2.49. The lowest BCUT2D eigenvalue weighted by atomic mass is 10.0. The van der Waals surface area contributed by atoms with E-state index in [1.54, 1.807) is 10.9 Å². The van der Waals surface area contributed by atoms with Crippen molar-refractivity contribution in [3.05, 3.63) is 36.2 Å². The summed E-state index contributed by atoms with van der Waals surface area (Å²) < 4.78 is 42.3. The summed E-state index contributed by atoms with van der Waals surface area (Å²) >= 11 is 0. The highest BCUT2D eigenvalue weighted by Crippen LogP contribution is 2.30. The van der Waals surface area contributed by atoms with Gasteiger partial charge in [0.15, 0.2) is 0 Å². The maximum atomic E-state index is 12.3. The average Bonchev–Trinajstić information content (AvgIpc) is 2.86. The first-order chi connectivity index (χ1) is 9.80. The topological polar surface area (TPSA) is 50.8 Å². The molecule has 0 unspecified atom stereocenters. The van der Waals surface area contributed by atoms with E-state index in [4.69, 9.17) is 5.26 Å². The molecule has 1 aromatic carbocycles. The van der Waals surface area contributed by atoms with E-state index in [1.165, 1.54) is 18.3 Å². The van der Waals surface area contributed by atoms with Crippen molar-refractivity contribution in [1.29, 1.82) is 5.26 Å². The molecule has 0 spiro atoms. The van der Waals surface area contributed by atoms with Crippen LogP contribution in [0.15, 0.2) is 30.6 Å². The normalized spacial score (nSPS) is 11.5. The van der Waals surface area contributed by atoms with Gasteiger partial charge in [-0.25, -0.2) is 0 Å². The van der Waals surface area contributed by atoms with Crippen molar-refractivity contribution in [3.63, 3.8) is 0 Å². The lowest BCUT2D eigenvalue weighted by Gasteiger charge is -2.10. The highest BCUT2D eigenvalue weighted by molar-refractivity contribution is 5.71. The van der Waals surface area contributed by atoms with Crippen molar-refractivity contribution in [2.45, 2.75) is 26.3 Å². The Kier molecular flexibility index (Phi) is 3.89. The first kappa shape index (κ1) is 14.9. The van der Waals surface area contributed by atoms with E-state index >= 15 is 0 Å². The van der Waals surface area contributed by atoms with Gasteiger partial charge >= 0.3 is 6.36 Å². The molecule has 110 valence electrons. The summed E-state index contributed by atoms with van der Waals surface area (Å²) in [7, 11) is 0. The van der Waals surface area contributed by atoms with E-state index in [0.29, 0.717) is 11.1 Å². The molecule has 0 saturated heterocycles. The van der Waals surface area contributed by atoms with Crippen LogP contribution in [0.5, 0.6) is 5.75 Å². The van der Waals surface area contributed by atoms with E-state index in [9.17, 15) is 13.2 Å². The number of nitriles is 1. The van der Waals surface area contributed by atoms with E-state index < -0.39 is 6.36 Å². The first-order valence-corrected chi connectivity index (χ1v) is 6.14. The second-order valence-electron chi connectivity index (χ2n) is 4.67. The van der Waals surface area contributed by atoms with Crippen LogP contribution in [0.1, 0.15) is 25.5 Å². The van der Waals surface area contributed by atoms with Crippen LogP contribution in [0.25, 0.3) is 11.1 Å². The fourth-order valence-electron chi connectivity index (χ4n) is 1.82. The highest BCUT2D eigenvalue weighted by Gasteiger charge is 2.31. The molecular formula is C14H12F3N3O. The second kappa shape index (κ2) is 5.48. The van der Waals surface area contributed by atoms with Gasteiger partial charge in [-0.15, -0.1) is 13.2 Å². The van der Waals surface area contributed by atoms with Crippen molar-refractivity contribution in [1.82, 2.24) is 9.78 Å². The molecule has 0 N–H and O–H groups in total. The zero-order chi connectivity index (χ0) is 15.6. The summed E-state index contributed by atoms with van der Waals surface area (Å²) in [6, 6.07) is 5.66. The molecule has 0 atom stereocenters. The summed E-state index contributed by atoms with van der Waals surface area (Å²) in [6.45, 7) is 3.84. The number of hydrogen-bond acceptors (Lipinski definition) is 3. The molecule has 2 rings (SSSR count). The van der Waals surface area contributed by atoms with Crippen LogP contribution in [0, 0.1) is 11.3 Å². The van der Waals surface area contributed by atoms with Gasteiger partial charge in [0.05, 0.1) is 17.8 Å². The third-order valence-corrected chi connectivity index (χ3v) is 2.79. The van der Waals surface area contributed by atoms with Gasteiger partial charge in [-0.2, -0.15) is 10.4 Å². The number of ether oxygens (including phenoxy) is 1. The second-order valence-corrected chi connectivity index (χ2v) is 4.67. The molecule has 0 aliphatic carbocycles. The molecule has 4 nitrogen and oxygen atoms in total. The maximum absolute atomic E-state index is 12.3. The van der Waals surface area contributed by atoms with E-state index in [1.807, 2.05) is 19.9 Å². The molecule has 1 heterocycles. The number of aromatic nitrogens is 2. The summed E-state index contributed by atoms with van der Waals surface area (Å²) in [5.41, 5.74) is 1.17. The molecule has 0 radical (unpaired) electrons. The monoisotopic (exact) mass is 295 g/mol. The number of alkyl halides is 3. The van der Waals surface area contributed by atoms with Gasteiger partial charge < -0.3 is 4.74 Å². The Bertz CT molecular complexity index is 684. The molecule has 0 amide bonds. The summed E-state index contributed by atoms with van der Waals surface area (Å²) in [6.07, 6.45) is -1.58. The molecule has 0 saturated carbocycles. The average molecular weight is 295 g/mol. The number of nitrogens with zero attached hydrogens (tertiary/aromatic N) is 3. The quantitative estimate of drug-likeness (QED) is 0.862. The van der Waals surface area contributed by atoms with Crippen molar-refractivity contribution in [3.8, 4) is 22.9 Å². The van der Waals surface area contributed by atoms with Gasteiger partial charge in [0.25, 0.3) is 0 Å². The molecule has 21 heavy (non-hydrogen) atoms. The smallest absolute Gasteiger partial charge is 0.406 e. The zero-order valence-electron chi connectivity index (χ0n) is 11.3. The minimum Gasteiger partial charge on any atom is -0.406 e. The largest absolute Gasteiger partial charge is 0.573 e. The number of hydrogen-bond donors (Lipinski definition) is 0. The number of halogens is 3. The van der Waals surface area contributed by atoms with Gasteiger partial charge in [-0.3, -0.25) is 4.68 Å². The fourth-order valence-corrected chi connectivity index (χ4v) is 1.82. The third-order valence-electron chi connectivity index (χ3n) is 2.79. The molecule has 0 fully saturated rings. The maximum Gasteiger partial charge on any atom is 0.573 e. The van der Waals surface area contributed by atoms with Crippen LogP contribution in [-0.4, -0.2) is 16.1 Å². The van der Waals surface area contributed by atoms with Crippen molar-refractivity contribution < 1.29 is 17.9 Å². The zero-order valence-corrected chi connectivity index (χ0v) is 11.3. The van der Waals surface area contributed by atoms with Gasteiger partial charge in [-0.05, 0) is 32.0 Å². The minimum absolute atomic E-state index is 0.110. The van der Waals surface area contributed by atoms with Crippen LogP contribution in [0.4, 0.5) is 13.2 Å². The Balaban J connectivity index is 2.45. The van der Waals surface area contributed by atoms with Gasteiger partial charge in [-0.1, -0.05) is 0 Å². The van der Waals surface area contributed by atoms with Crippen molar-refractivity contribution in [2.75, 3.05) is 0 Å². The summed E-state index contributed by atoms with van der Waals surface area (Å²) in [5, 5.41) is 13.2. The summed E-state index contributed by atoms with van der Waals surface area (Å²) in [4.78, 5) is 0. The van der Waals surface area contributed by atoms with Gasteiger partial charge in [0.1, 0.15) is 5.75 Å². The van der Waals surface area contributed by atoms with Crippen LogP contribution in [0.2, 0.25) is 0 Å². The van der Waals surface area contributed by atoms with Crippen LogP contribution >= 0.6 is 0 Å². The van der Waals surface area contributed by atoms with Crippen LogP contribution < -0.4 is 4.74 Å². The van der Waals surface area contributed by atoms with Crippen LogP contribution in [0.3, 0.4) is 0 Å². The Labute approximate surface area is 119 Å². The first-order valence-electron chi connectivity index (χ1n) is 6.14. The molecule has 7 heteroatoms. The minimum atomic E-state index is -4.77. The Morgan fingerprint density at radius 3 is 2.57 bits per heavy atom. The molecule has 0 aliphatic rings. The summed E-state index contributed by atoms with van der Waals surface area (Å²) in [5.74, 6) is -0.367. The van der Waals surface area contributed by atoms with Gasteiger partial charge in [0.2, 0.25) is 0 Å². The molecule has 2 aromatic rings. The van der Waals surface area contributed by atoms with Crippen molar-refractivity contribution >= 4 is 0 Å². The van der Waals surface area contributed by atoms with Crippen LogP contribution in [-0.2, 0) is 0 Å². The van der Waals surface area contributed by atoms with E-state index in [2.05, 4.69) is 9.84 Å². The predicted octanol–water partition coefficient (Wildman–Crippen LogP) is 3.90. The molecule has 1 aromatic heterocycles. The lowest BCUT2D eigenvalue weighted by Crippen LogP contribution is -2.17. The standard InChI is InChI=1S/C14H12F3N3O/c1-9(2)20-8-11(7-19-20)13-5-12(21-14(15,16)17)4-3-10(13)6-18/h3-5,7-9H,1-2H3. The molecule has 0 aliphatic heterocycles. The SMILES string of the molecule is CC(C)n1cc(-c2cc(OC(F)(F)F)ccc2C#N)cn1. The predicted molar refractivity (Wildman–Crippen MR) is 69.4 cm³/mol. The Morgan fingerprint density at radius 1 is 1.33 bits per heavy atom.